The summed E-state index contributed by atoms with van der Waals surface area (Å²) in [5.74, 6) is 0. The molecule has 0 fully saturated rings. The van der Waals surface area contributed by atoms with Gasteiger partial charge in [-0.05, 0) is 49.9 Å². The van der Waals surface area contributed by atoms with Crippen molar-refractivity contribution in [1.82, 2.24) is 0 Å². The predicted molar refractivity (Wildman–Crippen MR) is 82.2 cm³/mol. The number of hydrogen-bond acceptors (Lipinski definition) is 0. The minimum absolute atomic E-state index is 1.31. The fourth-order valence-corrected chi connectivity index (χ4v) is 2.06. The van der Waals surface area contributed by atoms with Crippen molar-refractivity contribution in [3.05, 3.63) is 58.7 Å². The van der Waals surface area contributed by atoms with Gasteiger partial charge in [0.1, 0.15) is 0 Å². The molecule has 2 aromatic carbocycles. The van der Waals surface area contributed by atoms with E-state index in [1.54, 1.807) is 162 Å². The first kappa shape index (κ1) is 43.4. The topological polar surface area (TPSA) is 0 Å². The van der Waals surface area contributed by atoms with Gasteiger partial charge in [0.25, 0.3) is 0 Å². The summed E-state index contributed by atoms with van der Waals surface area (Å²) in [7, 11) is 0. The predicted octanol–water partition coefficient (Wildman–Crippen LogP) is 5.59. The number of hydrogen-bond donors (Lipinski definition) is 0. The van der Waals surface area contributed by atoms with Crippen molar-refractivity contribution in [3.63, 3.8) is 0 Å². The Bertz CT molecular complexity index is 587. The minimum atomic E-state index is 1.31. The summed E-state index contributed by atoms with van der Waals surface area (Å²) in [6.45, 7) is 12.6. The molecule has 0 heterocycles. The van der Waals surface area contributed by atoms with Crippen LogP contribution in [0.25, 0.3) is 11.1 Å². The molecule has 10 heteroatoms. The molecule has 156 valence electrons. The Morgan fingerprint density at radius 1 is 0.429 bits per heavy atom. The van der Waals surface area contributed by atoms with E-state index in [4.69, 9.17) is 0 Å². The zero-order chi connectivity index (χ0) is 23.7. The van der Waals surface area contributed by atoms with Gasteiger partial charge < -0.3 is 0 Å². The number of benzene rings is 2. The fourth-order valence-electron chi connectivity index (χ4n) is 2.06. The summed E-state index contributed by atoms with van der Waals surface area (Å²) in [5, 5.41) is 0. The molecule has 0 aromatic heterocycles. The van der Waals surface area contributed by atoms with E-state index in [1.807, 2.05) is 13.8 Å². The maximum absolute atomic E-state index is 2.27. The van der Waals surface area contributed by atoms with E-state index >= 15 is 0 Å². The molecule has 0 bridgehead atoms. The van der Waals surface area contributed by atoms with E-state index in [0.29, 0.717) is 0 Å². The van der Waals surface area contributed by atoms with Crippen LogP contribution in [0, 0.1) is 27.7 Å². The first-order chi connectivity index (χ1) is 13.6. The summed E-state index contributed by atoms with van der Waals surface area (Å²) in [6, 6.07) is 13.4. The molecule has 0 aliphatic heterocycles. The molecule has 0 spiro atoms. The van der Waals surface area contributed by atoms with Crippen LogP contribution < -0.4 is 0 Å². The second-order valence-corrected chi connectivity index (χ2v) is 4.68. The zero-order valence-electron chi connectivity index (χ0n) is 16.5. The third-order valence-electron chi connectivity index (χ3n) is 3.06. The van der Waals surface area contributed by atoms with Crippen molar-refractivity contribution in [3.8, 4) is 11.1 Å². The monoisotopic (exact) mass is 2080 g/mol. The van der Waals surface area contributed by atoms with Crippen LogP contribution in [-0.4, -0.2) is 0 Å². The van der Waals surface area contributed by atoms with Crippen LogP contribution in [0.5, 0.6) is 0 Å². The van der Waals surface area contributed by atoms with Crippen LogP contribution in [0.15, 0.2) is 36.4 Å². The van der Waals surface area contributed by atoms with Crippen LogP contribution >= 0.6 is 0 Å². The van der Waals surface area contributed by atoms with Gasteiger partial charge in [0.2, 0.25) is 0 Å². The molecule has 0 saturated heterocycles. The Kier molecular flexibility index (Phi) is 57.2. The van der Waals surface area contributed by atoms with E-state index in [0.717, 1.165) is 0 Å². The Hall–Kier alpha value is 5.32. The van der Waals surface area contributed by atoms with E-state index in [9.17, 15) is 0 Å². The second-order valence-electron chi connectivity index (χ2n) is 4.68. The Morgan fingerprint density at radius 2 is 0.786 bits per heavy atom. The van der Waals surface area contributed by atoms with Gasteiger partial charge in [-0.2, -0.15) is 0 Å². The second kappa shape index (κ2) is 36.9. The summed E-state index contributed by atoms with van der Waals surface area (Å²) in [5.41, 5.74) is 8.00. The molecule has 2 rings (SSSR count). The molecule has 0 N–H and O–H groups in total. The van der Waals surface area contributed by atoms with Crippen LogP contribution in [0.2, 0.25) is 0 Å². The van der Waals surface area contributed by atoms with Gasteiger partial charge >= 0.3 is 162 Å². The van der Waals surface area contributed by atoms with Gasteiger partial charge in [-0.3, -0.25) is 0 Å². The standard InChI is InChI=1S/C16H18.C2H6.10W/c1-11-7-12(2)9-16(8-11)15-6-5-13(3)14(4)10-15;1-2;;;;;;;;;;/h5-10H,1-4H3;1-2H3;;;;;;;;;;. The average Bonchev–Trinajstić information content (AvgIpc) is 2.78. The van der Waals surface area contributed by atoms with Gasteiger partial charge in [-0.15, -0.1) is 0 Å². The Labute approximate surface area is 267 Å². The van der Waals surface area contributed by atoms with Crippen LogP contribution in [0.1, 0.15) is 36.1 Å². The number of rotatable bonds is 1. The normalized spacial score (nSPS) is 6.93. The number of aryl methyl sites for hydroxylation is 4. The molecule has 0 amide bonds. The molecule has 0 radical (unpaired) electrons. The maximum atomic E-state index is 2.27. The average molecular weight is 2080 g/mol. The first-order valence-corrected chi connectivity index (χ1v) is 62.6. The Balaban J connectivity index is -0.000000126. The molecule has 0 aliphatic carbocycles. The zero-order valence-corrected chi connectivity index (χ0v) is 45.9. The van der Waals surface area contributed by atoms with Gasteiger partial charge in [-0.25, -0.2) is 0 Å². The van der Waals surface area contributed by atoms with Crippen molar-refractivity contribution >= 4 is 0 Å². The van der Waals surface area contributed by atoms with Crippen molar-refractivity contribution in [2.75, 3.05) is 0 Å². The molecule has 2 aromatic rings. The molecule has 0 aliphatic rings. The summed E-state index contributed by atoms with van der Waals surface area (Å²) in [6.07, 6.45) is 0. The quantitative estimate of drug-likeness (QED) is 0.350. The van der Waals surface area contributed by atoms with Crippen molar-refractivity contribution in [2.24, 2.45) is 0 Å². The summed E-state index contributed by atoms with van der Waals surface area (Å²) < 4.78 is 0. The van der Waals surface area contributed by atoms with Crippen LogP contribution in [-0.2, 0) is 162 Å². The van der Waals surface area contributed by atoms with Crippen LogP contribution in [0.3, 0.4) is 0 Å². The van der Waals surface area contributed by atoms with Gasteiger partial charge in [-0.1, -0.05) is 61.4 Å². The van der Waals surface area contributed by atoms with Crippen molar-refractivity contribution < 1.29 is 162 Å². The van der Waals surface area contributed by atoms with E-state index in [-0.39, 0.29) is 0 Å². The molecular weight excluding hydrogens is 2050 g/mol. The molecule has 28 heavy (non-hydrogen) atoms. The van der Waals surface area contributed by atoms with E-state index in [2.05, 4.69) is 64.1 Å². The van der Waals surface area contributed by atoms with E-state index in [1.165, 1.54) is 33.4 Å². The van der Waals surface area contributed by atoms with Crippen LogP contribution in [0.4, 0.5) is 0 Å². The summed E-state index contributed by atoms with van der Waals surface area (Å²) >= 11 is 16.7. The van der Waals surface area contributed by atoms with E-state index < -0.39 is 0 Å². The molecular formula is C18H24W10. The van der Waals surface area contributed by atoms with Gasteiger partial charge in [0.15, 0.2) is 0 Å². The Morgan fingerprint density at radius 3 is 1.11 bits per heavy atom. The third-order valence-corrected chi connectivity index (χ3v) is 3.06. The molecule has 0 atom stereocenters. The SMILES string of the molecule is CC.Cc1cc(C)cc(-c2ccc(C)c(C)c2)c1.[W]=[W].[W]=[W].[W]=[W].[W]=[W].[W]=[W]. The van der Waals surface area contributed by atoms with Gasteiger partial charge in [0, 0.05) is 0 Å². The first-order valence-electron chi connectivity index (χ1n) is 7.55. The van der Waals surface area contributed by atoms with Crippen molar-refractivity contribution in [1.29, 1.82) is 0 Å². The molecule has 0 unspecified atom stereocenters. The molecule has 0 saturated carbocycles. The third kappa shape index (κ3) is 24.4. The molecule has 0 nitrogen and oxygen atoms in total. The fraction of sp³-hybridized carbons (Fsp3) is 0.333. The van der Waals surface area contributed by atoms with Gasteiger partial charge in [0.05, 0.1) is 0 Å². The summed E-state index contributed by atoms with van der Waals surface area (Å²) in [4.78, 5) is 0. The van der Waals surface area contributed by atoms with Crippen molar-refractivity contribution in [2.45, 2.75) is 41.5 Å².